The van der Waals surface area contributed by atoms with Crippen molar-refractivity contribution < 1.29 is 0 Å². The Hall–Kier alpha value is -0.520. The van der Waals surface area contributed by atoms with Gasteiger partial charge in [0.05, 0.1) is 0 Å². The molecule has 1 saturated carbocycles. The minimum atomic E-state index is 0.345. The van der Waals surface area contributed by atoms with E-state index in [1.165, 1.54) is 19.3 Å². The smallest absolute Gasteiger partial charge is 0.00861 e. The molecule has 0 aromatic rings. The van der Waals surface area contributed by atoms with Crippen LogP contribution in [0.5, 0.6) is 0 Å². The van der Waals surface area contributed by atoms with E-state index in [2.05, 4.69) is 48.5 Å². The molecule has 0 unspecified atom stereocenters. The fourth-order valence-corrected chi connectivity index (χ4v) is 3.45. The summed E-state index contributed by atoms with van der Waals surface area (Å²) in [5, 5.41) is 0. The van der Waals surface area contributed by atoms with Crippen LogP contribution in [0.25, 0.3) is 0 Å². The van der Waals surface area contributed by atoms with E-state index in [0.29, 0.717) is 10.8 Å². The van der Waals surface area contributed by atoms with Crippen molar-refractivity contribution in [2.24, 2.45) is 16.7 Å². The molecule has 2 rings (SSSR count). The second-order valence-corrected chi connectivity index (χ2v) is 8.10. The normalized spacial score (nSPS) is 22.8. The van der Waals surface area contributed by atoms with E-state index in [1.807, 2.05) is 0 Å². The Balaban J connectivity index is 2.46. The molecule has 2 aliphatic carbocycles. The van der Waals surface area contributed by atoms with Gasteiger partial charge in [-0.15, -0.1) is 0 Å². The van der Waals surface area contributed by atoms with Crippen LogP contribution in [0, 0.1) is 16.7 Å². The topological polar surface area (TPSA) is 0 Å². The van der Waals surface area contributed by atoms with Crippen molar-refractivity contribution in [3.63, 3.8) is 0 Å². The van der Waals surface area contributed by atoms with Gasteiger partial charge in [-0.2, -0.15) is 0 Å². The summed E-state index contributed by atoms with van der Waals surface area (Å²) in [5.74, 6) is 0.856. The highest BCUT2D eigenvalue weighted by Gasteiger charge is 2.38. The SMILES string of the molecule is CC1CC2=C(C(C)(C)C)CC(C(C)(C)C)=C2C1. The summed E-state index contributed by atoms with van der Waals surface area (Å²) >= 11 is 0. The van der Waals surface area contributed by atoms with Crippen molar-refractivity contribution in [3.05, 3.63) is 22.3 Å². The van der Waals surface area contributed by atoms with Gasteiger partial charge in [-0.25, -0.2) is 0 Å². The fourth-order valence-electron chi connectivity index (χ4n) is 3.45. The van der Waals surface area contributed by atoms with Crippen molar-refractivity contribution >= 4 is 0 Å². The summed E-state index contributed by atoms with van der Waals surface area (Å²) < 4.78 is 0. The monoisotopic (exact) mass is 232 g/mol. The van der Waals surface area contributed by atoms with E-state index in [9.17, 15) is 0 Å². The molecule has 0 bridgehead atoms. The molecule has 2 aliphatic rings. The van der Waals surface area contributed by atoms with Crippen LogP contribution >= 0.6 is 0 Å². The lowest BCUT2D eigenvalue weighted by Gasteiger charge is -2.27. The Morgan fingerprint density at radius 1 is 0.765 bits per heavy atom. The van der Waals surface area contributed by atoms with Crippen LogP contribution in [0.3, 0.4) is 0 Å². The zero-order valence-corrected chi connectivity index (χ0v) is 12.7. The zero-order chi connectivity index (χ0) is 13.0. The third-order valence-corrected chi connectivity index (χ3v) is 4.36. The maximum Gasteiger partial charge on any atom is -0.00861 e. The molecule has 0 aromatic heterocycles. The fraction of sp³-hybridized carbons (Fsp3) is 0.765. The number of allylic oxidation sites excluding steroid dienone is 4. The quantitative estimate of drug-likeness (QED) is 0.517. The van der Waals surface area contributed by atoms with Gasteiger partial charge in [0.25, 0.3) is 0 Å². The molecule has 1 fully saturated rings. The van der Waals surface area contributed by atoms with Gasteiger partial charge < -0.3 is 0 Å². The first-order valence-electron chi connectivity index (χ1n) is 7.06. The molecule has 17 heavy (non-hydrogen) atoms. The second kappa shape index (κ2) is 3.73. The molecular formula is C17H28. The largest absolute Gasteiger partial charge is 0.0619 e. The summed E-state index contributed by atoms with van der Waals surface area (Å²) in [7, 11) is 0. The number of fused-ring (bicyclic) bond motifs is 1. The van der Waals surface area contributed by atoms with Gasteiger partial charge in [0.2, 0.25) is 0 Å². The maximum atomic E-state index is 2.40. The standard InChI is InChI=1S/C17H28/c1-11-8-12-13(9-11)15(17(5,6)7)10-14(12)16(2,3)4/h11H,8-10H2,1-7H3. The van der Waals surface area contributed by atoms with Crippen LogP contribution in [0.15, 0.2) is 22.3 Å². The Morgan fingerprint density at radius 2 is 1.12 bits per heavy atom. The van der Waals surface area contributed by atoms with Crippen molar-refractivity contribution in [1.29, 1.82) is 0 Å². The highest BCUT2D eigenvalue weighted by atomic mass is 14.4. The molecule has 0 N–H and O–H groups in total. The molecular weight excluding hydrogens is 204 g/mol. The first kappa shape index (κ1) is 12.9. The molecule has 0 radical (unpaired) electrons. The summed E-state index contributed by atoms with van der Waals surface area (Å²) in [6.45, 7) is 16.7. The third kappa shape index (κ3) is 2.23. The molecule has 0 saturated heterocycles. The lowest BCUT2D eigenvalue weighted by molar-refractivity contribution is 0.450. The second-order valence-electron chi connectivity index (χ2n) is 8.10. The van der Waals surface area contributed by atoms with Crippen LogP contribution < -0.4 is 0 Å². The molecule has 96 valence electrons. The predicted molar refractivity (Wildman–Crippen MR) is 76.0 cm³/mol. The lowest BCUT2D eigenvalue weighted by Crippen LogP contribution is -2.14. The predicted octanol–water partition coefficient (Wildman–Crippen LogP) is 5.51. The Morgan fingerprint density at radius 3 is 1.41 bits per heavy atom. The van der Waals surface area contributed by atoms with Gasteiger partial charge in [-0.05, 0) is 47.2 Å². The Kier molecular flexibility index (Phi) is 2.84. The highest BCUT2D eigenvalue weighted by Crippen LogP contribution is 2.54. The van der Waals surface area contributed by atoms with Gasteiger partial charge in [0.1, 0.15) is 0 Å². The molecule has 0 amide bonds. The van der Waals surface area contributed by atoms with E-state index in [-0.39, 0.29) is 0 Å². The van der Waals surface area contributed by atoms with E-state index in [4.69, 9.17) is 0 Å². The van der Waals surface area contributed by atoms with Crippen molar-refractivity contribution in [2.45, 2.75) is 67.7 Å². The Bertz CT molecular complexity index is 353. The number of hydrogen-bond donors (Lipinski definition) is 0. The first-order valence-corrected chi connectivity index (χ1v) is 7.06. The van der Waals surface area contributed by atoms with Crippen LogP contribution in [-0.2, 0) is 0 Å². The molecule has 0 heterocycles. The molecule has 0 nitrogen and oxygen atoms in total. The minimum Gasteiger partial charge on any atom is -0.0619 e. The van der Waals surface area contributed by atoms with E-state index < -0.39 is 0 Å². The Labute approximate surface area is 107 Å². The third-order valence-electron chi connectivity index (χ3n) is 4.36. The molecule has 0 aromatic carbocycles. The van der Waals surface area contributed by atoms with E-state index >= 15 is 0 Å². The highest BCUT2D eigenvalue weighted by molar-refractivity contribution is 5.53. The number of rotatable bonds is 0. The molecule has 0 atom stereocenters. The van der Waals surface area contributed by atoms with Gasteiger partial charge in [0.15, 0.2) is 0 Å². The average Bonchev–Trinajstić information content (AvgIpc) is 2.55. The maximum absolute atomic E-state index is 2.40. The van der Waals surface area contributed by atoms with Crippen LogP contribution in [0.2, 0.25) is 0 Å². The van der Waals surface area contributed by atoms with Crippen molar-refractivity contribution in [1.82, 2.24) is 0 Å². The summed E-state index contributed by atoms with van der Waals surface area (Å²) in [4.78, 5) is 0. The van der Waals surface area contributed by atoms with Crippen molar-refractivity contribution in [3.8, 4) is 0 Å². The number of hydrogen-bond acceptors (Lipinski definition) is 0. The van der Waals surface area contributed by atoms with E-state index in [1.54, 1.807) is 22.3 Å². The van der Waals surface area contributed by atoms with Gasteiger partial charge in [0, 0.05) is 0 Å². The molecule has 0 heteroatoms. The van der Waals surface area contributed by atoms with Crippen LogP contribution in [0.1, 0.15) is 67.7 Å². The van der Waals surface area contributed by atoms with Crippen molar-refractivity contribution in [2.75, 3.05) is 0 Å². The zero-order valence-electron chi connectivity index (χ0n) is 12.7. The lowest BCUT2D eigenvalue weighted by atomic mass is 9.78. The van der Waals surface area contributed by atoms with Crippen LogP contribution in [-0.4, -0.2) is 0 Å². The van der Waals surface area contributed by atoms with Crippen LogP contribution in [0.4, 0.5) is 0 Å². The average molecular weight is 232 g/mol. The van der Waals surface area contributed by atoms with E-state index in [0.717, 1.165) is 5.92 Å². The summed E-state index contributed by atoms with van der Waals surface area (Å²) in [5.41, 5.74) is 7.60. The summed E-state index contributed by atoms with van der Waals surface area (Å²) in [6.07, 6.45) is 3.88. The first-order chi connectivity index (χ1) is 7.60. The van der Waals surface area contributed by atoms with Gasteiger partial charge in [-0.3, -0.25) is 0 Å². The minimum absolute atomic E-state index is 0.345. The summed E-state index contributed by atoms with van der Waals surface area (Å²) in [6, 6.07) is 0. The van der Waals surface area contributed by atoms with Gasteiger partial charge in [-0.1, -0.05) is 59.6 Å². The van der Waals surface area contributed by atoms with Gasteiger partial charge >= 0.3 is 0 Å². The molecule has 0 aliphatic heterocycles. The molecule has 0 spiro atoms.